The van der Waals surface area contributed by atoms with Crippen molar-refractivity contribution in [3.8, 4) is 0 Å². The van der Waals surface area contributed by atoms with Crippen molar-refractivity contribution in [3.05, 3.63) is 88.1 Å². The number of rotatable bonds is 5. The van der Waals surface area contributed by atoms with Crippen molar-refractivity contribution in [2.45, 2.75) is 32.4 Å². The number of aryl methyl sites for hydroxylation is 1. The summed E-state index contributed by atoms with van der Waals surface area (Å²) >= 11 is 0. The van der Waals surface area contributed by atoms with Gasteiger partial charge in [0.2, 0.25) is 5.91 Å². The highest BCUT2D eigenvalue weighted by molar-refractivity contribution is 5.94. The average molecular weight is 417 g/mol. The number of benzene rings is 2. The van der Waals surface area contributed by atoms with E-state index in [9.17, 15) is 14.4 Å². The molecular weight excluding hydrogens is 394 g/mol. The molecule has 3 N–H and O–H groups in total. The highest BCUT2D eigenvalue weighted by atomic mass is 16.2. The van der Waals surface area contributed by atoms with Gasteiger partial charge in [0.1, 0.15) is 0 Å². The molecule has 0 saturated carbocycles. The molecule has 4 rings (SSSR count). The average Bonchev–Trinajstić information content (AvgIpc) is 2.75. The number of urea groups is 1. The fourth-order valence-electron chi connectivity index (χ4n) is 3.57. The zero-order valence-electron chi connectivity index (χ0n) is 17.1. The van der Waals surface area contributed by atoms with Gasteiger partial charge in [0.25, 0.3) is 0 Å². The third-order valence-electron chi connectivity index (χ3n) is 5.19. The zero-order valence-corrected chi connectivity index (χ0v) is 17.1. The van der Waals surface area contributed by atoms with E-state index >= 15 is 0 Å². The van der Waals surface area contributed by atoms with Gasteiger partial charge in [-0.1, -0.05) is 24.3 Å². The Kier molecular flexibility index (Phi) is 5.79. The molecule has 31 heavy (non-hydrogen) atoms. The van der Waals surface area contributed by atoms with E-state index in [0.29, 0.717) is 25.1 Å². The number of anilines is 2. The first-order chi connectivity index (χ1) is 15.0. The van der Waals surface area contributed by atoms with Crippen molar-refractivity contribution in [2.24, 2.45) is 0 Å². The second-order valence-corrected chi connectivity index (χ2v) is 7.52. The molecule has 8 nitrogen and oxygen atoms in total. The highest BCUT2D eigenvalue weighted by Crippen LogP contribution is 2.26. The van der Waals surface area contributed by atoms with Gasteiger partial charge < -0.3 is 16.0 Å². The summed E-state index contributed by atoms with van der Waals surface area (Å²) in [5.41, 5.74) is 4.06. The summed E-state index contributed by atoms with van der Waals surface area (Å²) in [6.45, 7) is 2.28. The lowest BCUT2D eigenvalue weighted by molar-refractivity contribution is -0.116. The standard InChI is InChI=1S/C23H23N5O3/c1-15(17-6-8-20-18(13-17)7-9-21(29)27-20)25-22(30)26-19-5-2-4-16(12-19)14-28-11-3-10-24-23(28)31/h2-6,8,10-13,15H,7,9,14H2,1H3,(H,27,29)(H2,25,26,30)/t15-/m0/s1. The number of aromatic nitrogens is 2. The number of nitrogens with one attached hydrogen (secondary N) is 3. The molecule has 1 atom stereocenters. The van der Waals surface area contributed by atoms with E-state index in [4.69, 9.17) is 0 Å². The molecule has 0 aliphatic carbocycles. The lowest BCUT2D eigenvalue weighted by atomic mass is 9.98. The van der Waals surface area contributed by atoms with Gasteiger partial charge in [-0.25, -0.2) is 14.6 Å². The topological polar surface area (TPSA) is 105 Å². The maximum Gasteiger partial charge on any atom is 0.347 e. The minimum absolute atomic E-state index is 0.0291. The predicted octanol–water partition coefficient (Wildman–Crippen LogP) is 3.06. The minimum atomic E-state index is -0.325. The van der Waals surface area contributed by atoms with Crippen LogP contribution in [0.25, 0.3) is 0 Å². The quantitative estimate of drug-likeness (QED) is 0.593. The maximum atomic E-state index is 12.5. The van der Waals surface area contributed by atoms with Crippen LogP contribution in [0.5, 0.6) is 0 Å². The van der Waals surface area contributed by atoms with E-state index in [1.807, 2.05) is 43.3 Å². The number of fused-ring (bicyclic) bond motifs is 1. The Hall–Kier alpha value is -3.94. The molecule has 0 unspecified atom stereocenters. The van der Waals surface area contributed by atoms with Crippen LogP contribution in [0.4, 0.5) is 16.2 Å². The second kappa shape index (κ2) is 8.83. The summed E-state index contributed by atoms with van der Waals surface area (Å²) in [6.07, 6.45) is 4.30. The van der Waals surface area contributed by atoms with E-state index < -0.39 is 0 Å². The Morgan fingerprint density at radius 3 is 2.87 bits per heavy atom. The molecule has 0 bridgehead atoms. The van der Waals surface area contributed by atoms with E-state index in [-0.39, 0.29) is 23.7 Å². The van der Waals surface area contributed by atoms with Crippen LogP contribution in [-0.4, -0.2) is 21.5 Å². The summed E-state index contributed by atoms with van der Waals surface area (Å²) < 4.78 is 1.50. The molecule has 8 heteroatoms. The summed E-state index contributed by atoms with van der Waals surface area (Å²) in [7, 11) is 0. The van der Waals surface area contributed by atoms with Crippen molar-refractivity contribution in [2.75, 3.05) is 10.6 Å². The van der Waals surface area contributed by atoms with Gasteiger partial charge in [0.15, 0.2) is 0 Å². The monoisotopic (exact) mass is 417 g/mol. The van der Waals surface area contributed by atoms with Crippen LogP contribution in [0, 0.1) is 0 Å². The van der Waals surface area contributed by atoms with E-state index in [1.54, 1.807) is 18.3 Å². The normalized spacial score (nSPS) is 13.6. The molecule has 1 aliphatic rings. The van der Waals surface area contributed by atoms with E-state index in [1.165, 1.54) is 10.8 Å². The molecule has 2 aromatic carbocycles. The largest absolute Gasteiger partial charge is 0.347 e. The first-order valence-electron chi connectivity index (χ1n) is 10.1. The molecule has 0 fully saturated rings. The molecule has 3 amide bonds. The predicted molar refractivity (Wildman–Crippen MR) is 118 cm³/mol. The molecule has 1 aromatic heterocycles. The fourth-order valence-corrected chi connectivity index (χ4v) is 3.57. The first-order valence-corrected chi connectivity index (χ1v) is 10.1. The summed E-state index contributed by atoms with van der Waals surface area (Å²) in [5.74, 6) is 0.0291. The van der Waals surface area contributed by atoms with Gasteiger partial charge in [0, 0.05) is 30.2 Å². The van der Waals surface area contributed by atoms with E-state index in [0.717, 1.165) is 22.4 Å². The SMILES string of the molecule is C[C@H](NC(=O)Nc1cccc(Cn2cccnc2=O)c1)c1ccc2c(c1)CCC(=O)N2. The van der Waals surface area contributed by atoms with Crippen molar-refractivity contribution in [1.82, 2.24) is 14.9 Å². The molecule has 158 valence electrons. The second-order valence-electron chi connectivity index (χ2n) is 7.52. The Morgan fingerprint density at radius 2 is 2.03 bits per heavy atom. The zero-order chi connectivity index (χ0) is 21.8. The Bertz CT molecular complexity index is 1190. The maximum absolute atomic E-state index is 12.5. The highest BCUT2D eigenvalue weighted by Gasteiger charge is 2.17. The lowest BCUT2D eigenvalue weighted by Gasteiger charge is -2.20. The van der Waals surface area contributed by atoms with Gasteiger partial charge in [-0.2, -0.15) is 0 Å². The van der Waals surface area contributed by atoms with Crippen molar-refractivity contribution >= 4 is 23.3 Å². The Morgan fingerprint density at radius 1 is 1.16 bits per heavy atom. The minimum Gasteiger partial charge on any atom is -0.331 e. The van der Waals surface area contributed by atoms with Gasteiger partial charge in [-0.15, -0.1) is 0 Å². The molecular formula is C23H23N5O3. The van der Waals surface area contributed by atoms with Crippen LogP contribution in [0.3, 0.4) is 0 Å². The smallest absolute Gasteiger partial charge is 0.331 e. The molecule has 0 radical (unpaired) electrons. The molecule has 0 saturated heterocycles. The first kappa shape index (κ1) is 20.3. The molecule has 1 aliphatic heterocycles. The third kappa shape index (κ3) is 4.98. The van der Waals surface area contributed by atoms with Gasteiger partial charge in [-0.05, 0) is 54.3 Å². The van der Waals surface area contributed by atoms with Gasteiger partial charge >= 0.3 is 11.7 Å². The number of amides is 3. The van der Waals surface area contributed by atoms with Crippen LogP contribution in [0.2, 0.25) is 0 Å². The summed E-state index contributed by atoms with van der Waals surface area (Å²) in [4.78, 5) is 39.6. The van der Waals surface area contributed by atoms with Crippen molar-refractivity contribution in [3.63, 3.8) is 0 Å². The van der Waals surface area contributed by atoms with E-state index in [2.05, 4.69) is 20.9 Å². The van der Waals surface area contributed by atoms with Crippen LogP contribution < -0.4 is 21.6 Å². The molecule has 2 heterocycles. The third-order valence-corrected chi connectivity index (χ3v) is 5.19. The Balaban J connectivity index is 1.39. The molecule has 3 aromatic rings. The number of carbonyl (C=O) groups is 2. The lowest BCUT2D eigenvalue weighted by Crippen LogP contribution is -2.31. The van der Waals surface area contributed by atoms with Crippen LogP contribution >= 0.6 is 0 Å². The summed E-state index contributed by atoms with van der Waals surface area (Å²) in [6, 6.07) is 14.3. The Labute approximate surface area is 179 Å². The van der Waals surface area contributed by atoms with Crippen molar-refractivity contribution < 1.29 is 9.59 Å². The van der Waals surface area contributed by atoms with Gasteiger partial charge in [-0.3, -0.25) is 9.36 Å². The van der Waals surface area contributed by atoms with Crippen molar-refractivity contribution in [1.29, 1.82) is 0 Å². The summed E-state index contributed by atoms with van der Waals surface area (Å²) in [5, 5.41) is 8.64. The number of nitrogens with zero attached hydrogens (tertiary/aromatic N) is 2. The van der Waals surface area contributed by atoms with Crippen LogP contribution in [0.1, 0.15) is 36.1 Å². The van der Waals surface area contributed by atoms with Crippen LogP contribution in [-0.2, 0) is 17.8 Å². The van der Waals surface area contributed by atoms with Gasteiger partial charge in [0.05, 0.1) is 12.6 Å². The van der Waals surface area contributed by atoms with Crippen LogP contribution in [0.15, 0.2) is 65.7 Å². The number of carbonyl (C=O) groups excluding carboxylic acids is 2. The molecule has 0 spiro atoms. The number of hydrogen-bond acceptors (Lipinski definition) is 4. The number of hydrogen-bond donors (Lipinski definition) is 3. The fraction of sp³-hybridized carbons (Fsp3) is 0.217.